The Bertz CT molecular complexity index is 544. The van der Waals surface area contributed by atoms with Crippen molar-refractivity contribution in [3.05, 3.63) is 24.3 Å². The van der Waals surface area contributed by atoms with Crippen molar-refractivity contribution in [3.63, 3.8) is 0 Å². The van der Waals surface area contributed by atoms with Crippen LogP contribution in [0.1, 0.15) is 13.3 Å². The van der Waals surface area contributed by atoms with Gasteiger partial charge in [0.25, 0.3) is 0 Å². The molecule has 0 heterocycles. The van der Waals surface area contributed by atoms with Gasteiger partial charge in [0.15, 0.2) is 9.84 Å². The fraction of sp³-hybridized carbons (Fsp3) is 0.538. The summed E-state index contributed by atoms with van der Waals surface area (Å²) in [5, 5.41) is 0. The van der Waals surface area contributed by atoms with E-state index in [0.717, 1.165) is 4.90 Å². The van der Waals surface area contributed by atoms with E-state index in [0.29, 0.717) is 12.1 Å². The third-order valence-corrected chi connectivity index (χ3v) is 4.86. The molecule has 0 unspecified atom stereocenters. The Morgan fingerprint density at radius 2 is 1.76 bits per heavy atom. The number of hydrogen-bond acceptors (Lipinski definition) is 3. The van der Waals surface area contributed by atoms with Crippen LogP contribution in [0.2, 0.25) is 0 Å². The second-order valence-corrected chi connectivity index (χ2v) is 7.03. The Labute approximate surface area is 127 Å². The first-order valence-electron chi connectivity index (χ1n) is 6.40. The zero-order chi connectivity index (χ0) is 16.1. The third kappa shape index (κ3) is 5.74. The molecule has 1 rings (SSSR count). The van der Waals surface area contributed by atoms with Crippen LogP contribution in [-0.4, -0.2) is 39.3 Å². The van der Waals surface area contributed by atoms with Crippen LogP contribution in [0.5, 0.6) is 0 Å². The SMILES string of the molecule is CCCS(=O)(=O)c1ccc(N(CCCl)CC(F)(F)F)cc1. The minimum absolute atomic E-state index is 0.0142. The van der Waals surface area contributed by atoms with Crippen LogP contribution in [0.3, 0.4) is 0 Å². The Kier molecular flexibility index (Phi) is 6.34. The molecular weight excluding hydrogens is 327 g/mol. The van der Waals surface area contributed by atoms with Gasteiger partial charge in [-0.1, -0.05) is 6.92 Å². The predicted molar refractivity (Wildman–Crippen MR) is 77.8 cm³/mol. The number of benzene rings is 1. The molecule has 0 atom stereocenters. The zero-order valence-corrected chi connectivity index (χ0v) is 13.1. The van der Waals surface area contributed by atoms with E-state index in [9.17, 15) is 21.6 Å². The molecule has 0 aliphatic carbocycles. The van der Waals surface area contributed by atoms with E-state index in [2.05, 4.69) is 0 Å². The van der Waals surface area contributed by atoms with Crippen molar-refractivity contribution in [2.75, 3.05) is 29.6 Å². The van der Waals surface area contributed by atoms with Gasteiger partial charge in [-0.05, 0) is 30.7 Å². The van der Waals surface area contributed by atoms with Crippen LogP contribution in [0, 0.1) is 0 Å². The van der Waals surface area contributed by atoms with Crippen LogP contribution in [-0.2, 0) is 9.84 Å². The number of nitrogens with zero attached hydrogens (tertiary/aromatic N) is 1. The smallest absolute Gasteiger partial charge is 0.361 e. The Hall–Kier alpha value is -0.950. The largest absolute Gasteiger partial charge is 0.405 e. The fourth-order valence-corrected chi connectivity index (χ4v) is 3.40. The molecule has 21 heavy (non-hydrogen) atoms. The summed E-state index contributed by atoms with van der Waals surface area (Å²) in [6.07, 6.45) is -3.87. The predicted octanol–water partition coefficient (Wildman–Crippen LogP) is 3.48. The zero-order valence-electron chi connectivity index (χ0n) is 11.5. The lowest BCUT2D eigenvalue weighted by molar-refractivity contribution is -0.119. The van der Waals surface area contributed by atoms with Crippen molar-refractivity contribution in [2.24, 2.45) is 0 Å². The molecular formula is C13H17ClF3NO2S. The van der Waals surface area contributed by atoms with Gasteiger partial charge in [0.1, 0.15) is 6.54 Å². The van der Waals surface area contributed by atoms with Gasteiger partial charge in [0, 0.05) is 18.1 Å². The van der Waals surface area contributed by atoms with E-state index < -0.39 is 22.6 Å². The minimum atomic E-state index is -4.35. The first-order chi connectivity index (χ1) is 9.69. The van der Waals surface area contributed by atoms with E-state index in [1.807, 2.05) is 0 Å². The Morgan fingerprint density at radius 3 is 2.19 bits per heavy atom. The molecule has 0 spiro atoms. The molecule has 0 radical (unpaired) electrons. The van der Waals surface area contributed by atoms with Gasteiger partial charge in [-0.15, -0.1) is 11.6 Å². The van der Waals surface area contributed by atoms with Gasteiger partial charge in [-0.2, -0.15) is 13.2 Å². The van der Waals surface area contributed by atoms with Crippen molar-refractivity contribution < 1.29 is 21.6 Å². The normalized spacial score (nSPS) is 12.4. The maximum Gasteiger partial charge on any atom is 0.405 e. The summed E-state index contributed by atoms with van der Waals surface area (Å²) in [7, 11) is -3.37. The summed E-state index contributed by atoms with van der Waals surface area (Å²) >= 11 is 5.52. The molecule has 0 bridgehead atoms. The van der Waals surface area contributed by atoms with Gasteiger partial charge in [-0.25, -0.2) is 8.42 Å². The van der Waals surface area contributed by atoms with E-state index in [-0.39, 0.29) is 23.1 Å². The van der Waals surface area contributed by atoms with Crippen LogP contribution < -0.4 is 4.90 Å². The van der Waals surface area contributed by atoms with Crippen molar-refractivity contribution in [2.45, 2.75) is 24.4 Å². The van der Waals surface area contributed by atoms with Gasteiger partial charge in [-0.3, -0.25) is 0 Å². The maximum atomic E-state index is 12.5. The average Bonchev–Trinajstić information content (AvgIpc) is 2.37. The molecule has 1 aromatic rings. The molecule has 0 aliphatic rings. The highest BCUT2D eigenvalue weighted by Gasteiger charge is 2.30. The first-order valence-corrected chi connectivity index (χ1v) is 8.59. The molecule has 0 fully saturated rings. The van der Waals surface area contributed by atoms with Gasteiger partial charge >= 0.3 is 6.18 Å². The van der Waals surface area contributed by atoms with Gasteiger partial charge in [0.05, 0.1) is 10.6 Å². The van der Waals surface area contributed by atoms with Crippen LogP contribution >= 0.6 is 11.6 Å². The second-order valence-electron chi connectivity index (χ2n) is 4.54. The fourth-order valence-electron chi connectivity index (χ4n) is 1.87. The molecule has 0 saturated carbocycles. The number of sulfone groups is 1. The van der Waals surface area contributed by atoms with E-state index >= 15 is 0 Å². The number of alkyl halides is 4. The standard InChI is InChI=1S/C13H17ClF3NO2S/c1-2-9-21(19,20)12-5-3-11(4-6-12)18(8-7-14)10-13(15,16)17/h3-6H,2,7-10H2,1H3. The van der Waals surface area contributed by atoms with E-state index in [4.69, 9.17) is 11.6 Å². The van der Waals surface area contributed by atoms with Crippen LogP contribution in [0.15, 0.2) is 29.2 Å². The third-order valence-electron chi connectivity index (χ3n) is 2.76. The number of anilines is 1. The molecule has 0 aromatic heterocycles. The lowest BCUT2D eigenvalue weighted by atomic mass is 10.3. The summed E-state index contributed by atoms with van der Waals surface area (Å²) in [5.74, 6) is 0.0618. The summed E-state index contributed by atoms with van der Waals surface area (Å²) in [6, 6.07) is 5.41. The highest BCUT2D eigenvalue weighted by molar-refractivity contribution is 7.91. The monoisotopic (exact) mass is 343 g/mol. The lowest BCUT2D eigenvalue weighted by Crippen LogP contribution is -2.35. The second kappa shape index (κ2) is 7.35. The van der Waals surface area contributed by atoms with E-state index in [1.165, 1.54) is 24.3 Å². The van der Waals surface area contributed by atoms with Gasteiger partial charge in [0.2, 0.25) is 0 Å². The van der Waals surface area contributed by atoms with Crippen molar-refractivity contribution in [1.82, 2.24) is 0 Å². The van der Waals surface area contributed by atoms with Crippen molar-refractivity contribution in [1.29, 1.82) is 0 Å². The Balaban J connectivity index is 2.98. The summed E-state index contributed by atoms with van der Waals surface area (Å²) in [4.78, 5) is 1.19. The van der Waals surface area contributed by atoms with Gasteiger partial charge < -0.3 is 4.90 Å². The lowest BCUT2D eigenvalue weighted by Gasteiger charge is -2.25. The quantitative estimate of drug-likeness (QED) is 0.711. The summed E-state index contributed by atoms with van der Waals surface area (Å²) in [6.45, 7) is 0.653. The average molecular weight is 344 g/mol. The topological polar surface area (TPSA) is 37.4 Å². The summed E-state index contributed by atoms with van der Waals surface area (Å²) in [5.41, 5.74) is 0.295. The van der Waals surface area contributed by atoms with Crippen molar-refractivity contribution >= 4 is 27.1 Å². The Morgan fingerprint density at radius 1 is 1.19 bits per heavy atom. The van der Waals surface area contributed by atoms with Crippen molar-refractivity contribution in [3.8, 4) is 0 Å². The molecule has 8 heteroatoms. The van der Waals surface area contributed by atoms with Crippen LogP contribution in [0.4, 0.5) is 18.9 Å². The number of halogens is 4. The highest BCUT2D eigenvalue weighted by Crippen LogP contribution is 2.24. The molecule has 0 amide bonds. The number of hydrogen-bond donors (Lipinski definition) is 0. The molecule has 0 saturated heterocycles. The molecule has 1 aromatic carbocycles. The summed E-state index contributed by atoms with van der Waals surface area (Å²) < 4.78 is 61.2. The molecule has 3 nitrogen and oxygen atoms in total. The highest BCUT2D eigenvalue weighted by atomic mass is 35.5. The molecule has 0 aliphatic heterocycles. The van der Waals surface area contributed by atoms with E-state index in [1.54, 1.807) is 6.92 Å². The minimum Gasteiger partial charge on any atom is -0.361 e. The number of rotatable bonds is 7. The van der Waals surface area contributed by atoms with Crippen LogP contribution in [0.25, 0.3) is 0 Å². The first kappa shape index (κ1) is 18.1. The molecule has 120 valence electrons. The molecule has 0 N–H and O–H groups in total. The maximum absolute atomic E-state index is 12.5.